The number of aryl methyl sites for hydroxylation is 1. The van der Waals surface area contributed by atoms with E-state index >= 15 is 0 Å². The van der Waals surface area contributed by atoms with E-state index in [1.165, 1.54) is 11.0 Å². The van der Waals surface area contributed by atoms with Crippen LogP contribution < -0.4 is 9.64 Å². The van der Waals surface area contributed by atoms with E-state index in [-0.39, 0.29) is 23.2 Å². The van der Waals surface area contributed by atoms with Gasteiger partial charge in [-0.05, 0) is 36.8 Å². The lowest BCUT2D eigenvalue weighted by molar-refractivity contribution is -0.153. The number of aliphatic imine (C=N–C) groups is 1. The molecule has 34 heavy (non-hydrogen) atoms. The maximum absolute atomic E-state index is 14.1. The number of ether oxygens (including phenoxy) is 1. The molecule has 0 spiro atoms. The van der Waals surface area contributed by atoms with Gasteiger partial charge in [0, 0.05) is 5.69 Å². The molecule has 13 heteroatoms. The van der Waals surface area contributed by atoms with E-state index < -0.39 is 43.1 Å². The Balaban J connectivity index is 1.78. The van der Waals surface area contributed by atoms with Crippen LogP contribution in [0.25, 0.3) is 0 Å². The number of hydrogen-bond donors (Lipinski definition) is 0. The number of benzene rings is 2. The number of rotatable bonds is 6. The van der Waals surface area contributed by atoms with Crippen molar-refractivity contribution in [2.45, 2.75) is 25.8 Å². The van der Waals surface area contributed by atoms with Crippen LogP contribution in [-0.4, -0.2) is 47.5 Å². The average molecular weight is 509 g/mol. The van der Waals surface area contributed by atoms with Gasteiger partial charge in [0.05, 0.1) is 12.4 Å². The zero-order valence-electron chi connectivity index (χ0n) is 17.6. The van der Waals surface area contributed by atoms with Crippen LogP contribution in [0, 0.1) is 12.7 Å². The molecule has 0 aromatic heterocycles. The number of anilines is 1. The SMILES string of the molecule is Cc1ccc(N2CSC(=NCc3ccc(OCC(F)(F)F)c(F)c3)N(CC(F)(F)F)C2=O)cc1. The number of carbonyl (C=O) groups is 1. The monoisotopic (exact) mass is 509 g/mol. The highest BCUT2D eigenvalue weighted by molar-refractivity contribution is 8.14. The number of carbonyl (C=O) groups excluding carboxylic acids is 1. The van der Waals surface area contributed by atoms with Crippen molar-refractivity contribution in [3.63, 3.8) is 0 Å². The number of nitrogens with zero attached hydrogens (tertiary/aromatic N) is 3. The summed E-state index contributed by atoms with van der Waals surface area (Å²) in [5, 5.41) is -0.205. The number of hydrogen-bond acceptors (Lipinski definition) is 4. The van der Waals surface area contributed by atoms with Gasteiger partial charge in [-0.3, -0.25) is 14.8 Å². The largest absolute Gasteiger partial charge is 0.481 e. The van der Waals surface area contributed by atoms with Crippen molar-refractivity contribution in [3.8, 4) is 5.75 Å². The van der Waals surface area contributed by atoms with Crippen LogP contribution in [0.15, 0.2) is 47.5 Å². The summed E-state index contributed by atoms with van der Waals surface area (Å²) in [6, 6.07) is 8.85. The Morgan fingerprint density at radius 3 is 2.29 bits per heavy atom. The van der Waals surface area contributed by atoms with Gasteiger partial charge in [-0.15, -0.1) is 0 Å². The standard InChI is InChI=1S/C21H18F7N3O2S/c1-13-2-5-15(6-3-13)31-12-34-18(30(19(31)32)10-20(23,24)25)29-9-14-4-7-17(16(22)8-14)33-11-21(26,27)28/h2-8H,9-12H2,1H3. The van der Waals surface area contributed by atoms with Crippen molar-refractivity contribution in [1.29, 1.82) is 0 Å². The maximum Gasteiger partial charge on any atom is 0.422 e. The second kappa shape index (κ2) is 10.1. The molecular weight excluding hydrogens is 491 g/mol. The molecule has 2 aromatic rings. The fraction of sp³-hybridized carbons (Fsp3) is 0.333. The molecule has 0 aliphatic carbocycles. The Labute approximate surface area is 194 Å². The average Bonchev–Trinajstić information content (AvgIpc) is 2.73. The third-order valence-corrected chi connectivity index (χ3v) is 5.48. The number of alkyl halides is 6. The van der Waals surface area contributed by atoms with Crippen LogP contribution in [0.3, 0.4) is 0 Å². The Morgan fingerprint density at radius 1 is 1.03 bits per heavy atom. The molecular formula is C21H18F7N3O2S. The fourth-order valence-electron chi connectivity index (χ4n) is 2.92. The minimum atomic E-state index is -4.70. The minimum absolute atomic E-state index is 0.00761. The van der Waals surface area contributed by atoms with Crippen molar-refractivity contribution in [2.24, 2.45) is 4.99 Å². The molecule has 184 valence electrons. The zero-order valence-corrected chi connectivity index (χ0v) is 18.4. The first kappa shape index (κ1) is 25.7. The lowest BCUT2D eigenvalue weighted by Gasteiger charge is -2.36. The molecule has 1 aliphatic heterocycles. The van der Waals surface area contributed by atoms with E-state index in [2.05, 4.69) is 9.73 Å². The van der Waals surface area contributed by atoms with Gasteiger partial charge in [0.25, 0.3) is 0 Å². The lowest BCUT2D eigenvalue weighted by Crippen LogP contribution is -2.53. The summed E-state index contributed by atoms with van der Waals surface area (Å²) in [6.07, 6.45) is -9.34. The molecule has 1 heterocycles. The first-order valence-electron chi connectivity index (χ1n) is 9.70. The quantitative estimate of drug-likeness (QED) is 0.441. The number of urea groups is 1. The van der Waals surface area contributed by atoms with Gasteiger partial charge in [-0.25, -0.2) is 9.18 Å². The molecule has 0 unspecified atom stereocenters. The number of thioether (sulfide) groups is 1. The summed E-state index contributed by atoms with van der Waals surface area (Å²) in [6.45, 7) is -1.72. The van der Waals surface area contributed by atoms with E-state index in [1.807, 2.05) is 6.92 Å². The normalized spacial score (nSPS) is 16.4. The summed E-state index contributed by atoms with van der Waals surface area (Å²) in [4.78, 5) is 18.6. The van der Waals surface area contributed by atoms with Gasteiger partial charge >= 0.3 is 18.4 Å². The minimum Gasteiger partial charge on any atom is -0.481 e. The molecule has 0 radical (unpaired) electrons. The summed E-state index contributed by atoms with van der Waals surface area (Å²) >= 11 is 0.898. The second-order valence-corrected chi connectivity index (χ2v) is 8.20. The molecule has 2 amide bonds. The van der Waals surface area contributed by atoms with Crippen LogP contribution in [0.4, 0.5) is 41.2 Å². The molecule has 0 N–H and O–H groups in total. The van der Waals surface area contributed by atoms with Crippen LogP contribution in [0.1, 0.15) is 11.1 Å². The van der Waals surface area contributed by atoms with Gasteiger partial charge in [0.1, 0.15) is 6.54 Å². The molecule has 1 saturated heterocycles. The molecule has 1 aliphatic rings. The van der Waals surface area contributed by atoms with E-state index in [9.17, 15) is 35.5 Å². The molecule has 3 rings (SSSR count). The van der Waals surface area contributed by atoms with Crippen LogP contribution in [-0.2, 0) is 6.54 Å². The van der Waals surface area contributed by atoms with Gasteiger partial charge in [-0.2, -0.15) is 26.3 Å². The van der Waals surface area contributed by atoms with Gasteiger partial charge < -0.3 is 4.74 Å². The smallest absolute Gasteiger partial charge is 0.422 e. The zero-order chi connectivity index (χ0) is 25.1. The molecule has 5 nitrogen and oxygen atoms in total. The van der Waals surface area contributed by atoms with Crippen LogP contribution >= 0.6 is 11.8 Å². The van der Waals surface area contributed by atoms with Crippen molar-refractivity contribution in [1.82, 2.24) is 4.90 Å². The number of amidine groups is 1. The highest BCUT2D eigenvalue weighted by Gasteiger charge is 2.40. The lowest BCUT2D eigenvalue weighted by atomic mass is 10.2. The summed E-state index contributed by atoms with van der Waals surface area (Å²) in [7, 11) is 0. The highest BCUT2D eigenvalue weighted by Crippen LogP contribution is 2.30. The van der Waals surface area contributed by atoms with Gasteiger partial charge in [-0.1, -0.05) is 35.5 Å². The van der Waals surface area contributed by atoms with Crippen LogP contribution in [0.2, 0.25) is 0 Å². The topological polar surface area (TPSA) is 45.1 Å². The molecule has 2 aromatic carbocycles. The fourth-order valence-corrected chi connectivity index (χ4v) is 3.87. The molecule has 0 bridgehead atoms. The Kier molecular flexibility index (Phi) is 7.64. The third kappa shape index (κ3) is 7.02. The third-order valence-electron chi connectivity index (χ3n) is 4.48. The number of halogens is 7. The first-order valence-corrected chi connectivity index (χ1v) is 10.7. The van der Waals surface area contributed by atoms with Crippen molar-refractivity contribution >= 4 is 28.6 Å². The van der Waals surface area contributed by atoms with E-state index in [1.54, 1.807) is 24.3 Å². The molecule has 1 fully saturated rings. The van der Waals surface area contributed by atoms with E-state index in [0.717, 1.165) is 29.5 Å². The van der Waals surface area contributed by atoms with E-state index in [4.69, 9.17) is 0 Å². The first-order chi connectivity index (χ1) is 15.8. The predicted molar refractivity (Wildman–Crippen MR) is 113 cm³/mol. The summed E-state index contributed by atoms with van der Waals surface area (Å²) in [5.41, 5.74) is 1.51. The second-order valence-electron chi connectivity index (χ2n) is 7.29. The Bertz CT molecular complexity index is 1060. The Hall–Kier alpha value is -2.96. The van der Waals surface area contributed by atoms with Crippen molar-refractivity contribution in [2.75, 3.05) is 23.9 Å². The van der Waals surface area contributed by atoms with Crippen LogP contribution in [0.5, 0.6) is 5.75 Å². The summed E-state index contributed by atoms with van der Waals surface area (Å²) < 4.78 is 94.6. The molecule has 0 saturated carbocycles. The number of amides is 2. The van der Waals surface area contributed by atoms with Crippen molar-refractivity contribution < 1.29 is 40.3 Å². The summed E-state index contributed by atoms with van der Waals surface area (Å²) in [5.74, 6) is -1.69. The van der Waals surface area contributed by atoms with Crippen molar-refractivity contribution in [3.05, 3.63) is 59.4 Å². The van der Waals surface area contributed by atoms with Gasteiger partial charge in [0.15, 0.2) is 23.3 Å². The predicted octanol–water partition coefficient (Wildman–Crippen LogP) is 6.13. The molecule has 0 atom stereocenters. The highest BCUT2D eigenvalue weighted by atomic mass is 32.2. The maximum atomic E-state index is 14.1. The Morgan fingerprint density at radius 2 is 1.71 bits per heavy atom. The van der Waals surface area contributed by atoms with Gasteiger partial charge in [0.2, 0.25) is 0 Å². The van der Waals surface area contributed by atoms with E-state index in [0.29, 0.717) is 10.6 Å².